The second kappa shape index (κ2) is 6.10. The van der Waals surface area contributed by atoms with Crippen LogP contribution in [0.5, 0.6) is 5.75 Å². The first-order valence-electron chi connectivity index (χ1n) is 5.93. The number of nitrogens with two attached hydrogens (primary N) is 1. The maximum Gasteiger partial charge on any atom is 0.193 e. The van der Waals surface area contributed by atoms with Gasteiger partial charge in [0.1, 0.15) is 17.6 Å². The smallest absolute Gasteiger partial charge is 0.193 e. The average Bonchev–Trinajstić information content (AvgIpc) is 2.86. The highest BCUT2D eigenvalue weighted by atomic mass is 35.5. The Bertz CT molecular complexity index is 541. The first-order valence-corrected chi connectivity index (χ1v) is 6.30. The van der Waals surface area contributed by atoms with Gasteiger partial charge in [0.15, 0.2) is 5.22 Å². The fourth-order valence-corrected chi connectivity index (χ4v) is 2.16. The summed E-state index contributed by atoms with van der Waals surface area (Å²) in [6, 6.07) is 10.7. The molecule has 1 heterocycles. The van der Waals surface area contributed by atoms with Crippen molar-refractivity contribution in [2.24, 2.45) is 5.73 Å². The van der Waals surface area contributed by atoms with Crippen LogP contribution in [-0.4, -0.2) is 18.8 Å². The summed E-state index contributed by atoms with van der Waals surface area (Å²) in [6.07, 6.45) is -0.843. The minimum atomic E-state index is -0.843. The average molecular weight is 282 g/mol. The third-order valence-corrected chi connectivity index (χ3v) is 3.25. The molecule has 5 heteroatoms. The fourth-order valence-electron chi connectivity index (χ4n) is 2.00. The summed E-state index contributed by atoms with van der Waals surface area (Å²) in [5.74, 6) is 0.848. The van der Waals surface area contributed by atoms with Gasteiger partial charge in [0, 0.05) is 12.5 Å². The molecule has 2 atom stereocenters. The summed E-state index contributed by atoms with van der Waals surface area (Å²) in [7, 11) is 1.60. The molecule has 102 valence electrons. The summed E-state index contributed by atoms with van der Waals surface area (Å²) in [5, 5.41) is 10.6. The number of hydrogen-bond donors (Lipinski definition) is 2. The number of furan rings is 1. The Morgan fingerprint density at radius 3 is 2.74 bits per heavy atom. The minimum absolute atomic E-state index is 0.246. The minimum Gasteiger partial charge on any atom is -0.497 e. The van der Waals surface area contributed by atoms with E-state index in [1.807, 2.05) is 24.3 Å². The van der Waals surface area contributed by atoms with E-state index in [2.05, 4.69) is 0 Å². The Morgan fingerprint density at radius 1 is 1.37 bits per heavy atom. The molecular weight excluding hydrogens is 266 g/mol. The predicted molar refractivity (Wildman–Crippen MR) is 73.5 cm³/mol. The van der Waals surface area contributed by atoms with Crippen LogP contribution in [0, 0.1) is 0 Å². The topological polar surface area (TPSA) is 68.6 Å². The van der Waals surface area contributed by atoms with Crippen LogP contribution in [0.25, 0.3) is 0 Å². The highest BCUT2D eigenvalue weighted by Crippen LogP contribution is 2.33. The lowest BCUT2D eigenvalue weighted by Gasteiger charge is -2.20. The van der Waals surface area contributed by atoms with E-state index in [0.29, 0.717) is 5.76 Å². The van der Waals surface area contributed by atoms with Gasteiger partial charge in [-0.1, -0.05) is 12.1 Å². The van der Waals surface area contributed by atoms with Gasteiger partial charge in [-0.2, -0.15) is 0 Å². The summed E-state index contributed by atoms with van der Waals surface area (Å²) in [5.41, 5.74) is 6.66. The Balaban J connectivity index is 2.28. The van der Waals surface area contributed by atoms with Gasteiger partial charge in [0.05, 0.1) is 7.11 Å². The molecule has 0 saturated heterocycles. The molecule has 3 N–H and O–H groups in total. The van der Waals surface area contributed by atoms with Crippen molar-refractivity contribution >= 4 is 11.6 Å². The van der Waals surface area contributed by atoms with E-state index >= 15 is 0 Å². The number of hydrogen-bond acceptors (Lipinski definition) is 4. The van der Waals surface area contributed by atoms with E-state index in [0.717, 1.165) is 11.3 Å². The molecule has 0 radical (unpaired) electrons. The van der Waals surface area contributed by atoms with Crippen molar-refractivity contribution in [3.05, 3.63) is 52.9 Å². The van der Waals surface area contributed by atoms with E-state index in [1.54, 1.807) is 19.2 Å². The maximum absolute atomic E-state index is 10.3. The van der Waals surface area contributed by atoms with Gasteiger partial charge in [-0.05, 0) is 41.4 Å². The molecule has 2 aromatic rings. The molecule has 0 fully saturated rings. The van der Waals surface area contributed by atoms with Crippen molar-refractivity contribution in [1.82, 2.24) is 0 Å². The van der Waals surface area contributed by atoms with Crippen molar-refractivity contribution in [2.45, 2.75) is 12.0 Å². The molecule has 19 heavy (non-hydrogen) atoms. The standard InChI is InChI=1S/C14H16ClNO3/c1-18-10-4-2-3-9(7-10)11(8-16)14(17)12-5-6-13(15)19-12/h2-7,11,14,17H,8,16H2,1H3. The third kappa shape index (κ3) is 3.10. The molecule has 1 aromatic carbocycles. The van der Waals surface area contributed by atoms with Crippen molar-refractivity contribution in [2.75, 3.05) is 13.7 Å². The number of rotatable bonds is 5. The van der Waals surface area contributed by atoms with Crippen molar-refractivity contribution < 1.29 is 14.3 Å². The molecule has 2 rings (SSSR count). The molecule has 0 aliphatic heterocycles. The van der Waals surface area contributed by atoms with Gasteiger partial charge in [0.2, 0.25) is 0 Å². The van der Waals surface area contributed by atoms with Crippen LogP contribution in [0.3, 0.4) is 0 Å². The predicted octanol–water partition coefficient (Wildman–Crippen LogP) is 2.72. The van der Waals surface area contributed by atoms with Gasteiger partial charge in [-0.15, -0.1) is 0 Å². The molecular formula is C14H16ClNO3. The Labute approximate surface area is 116 Å². The summed E-state index contributed by atoms with van der Waals surface area (Å²) >= 11 is 5.72. The summed E-state index contributed by atoms with van der Waals surface area (Å²) in [6.45, 7) is 0.284. The molecule has 2 unspecified atom stereocenters. The van der Waals surface area contributed by atoms with Crippen LogP contribution >= 0.6 is 11.6 Å². The van der Waals surface area contributed by atoms with E-state index in [1.165, 1.54) is 0 Å². The Hall–Kier alpha value is -1.49. The van der Waals surface area contributed by atoms with Crippen molar-refractivity contribution in [1.29, 1.82) is 0 Å². The molecule has 0 aliphatic carbocycles. The lowest BCUT2D eigenvalue weighted by Crippen LogP contribution is -2.19. The first-order chi connectivity index (χ1) is 9.15. The molecule has 1 aromatic heterocycles. The van der Waals surface area contributed by atoms with E-state index in [9.17, 15) is 5.11 Å². The largest absolute Gasteiger partial charge is 0.497 e. The van der Waals surface area contributed by atoms with Gasteiger partial charge < -0.3 is 20.0 Å². The SMILES string of the molecule is COc1cccc(C(CN)C(O)c2ccc(Cl)o2)c1. The molecule has 0 bridgehead atoms. The number of halogens is 1. The monoisotopic (exact) mass is 281 g/mol. The Kier molecular flexibility index (Phi) is 4.47. The van der Waals surface area contributed by atoms with Gasteiger partial charge in [-0.3, -0.25) is 0 Å². The third-order valence-electron chi connectivity index (χ3n) is 3.04. The van der Waals surface area contributed by atoms with Gasteiger partial charge >= 0.3 is 0 Å². The van der Waals surface area contributed by atoms with Crippen LogP contribution in [0.1, 0.15) is 23.3 Å². The van der Waals surface area contributed by atoms with Crippen molar-refractivity contribution in [3.63, 3.8) is 0 Å². The molecule has 0 amide bonds. The van der Waals surface area contributed by atoms with Crippen LogP contribution in [0.2, 0.25) is 5.22 Å². The first kappa shape index (κ1) is 13.9. The van der Waals surface area contributed by atoms with Gasteiger partial charge in [-0.25, -0.2) is 0 Å². The van der Waals surface area contributed by atoms with E-state index < -0.39 is 6.10 Å². The molecule has 0 spiro atoms. The number of aliphatic hydroxyl groups excluding tert-OH is 1. The van der Waals surface area contributed by atoms with Crippen LogP contribution in [0.15, 0.2) is 40.8 Å². The molecule has 4 nitrogen and oxygen atoms in total. The van der Waals surface area contributed by atoms with E-state index in [4.69, 9.17) is 26.5 Å². The zero-order chi connectivity index (χ0) is 13.8. The maximum atomic E-state index is 10.3. The number of benzene rings is 1. The number of aliphatic hydroxyl groups is 1. The van der Waals surface area contributed by atoms with Gasteiger partial charge in [0.25, 0.3) is 0 Å². The highest BCUT2D eigenvalue weighted by molar-refractivity contribution is 6.28. The highest BCUT2D eigenvalue weighted by Gasteiger charge is 2.24. The lowest BCUT2D eigenvalue weighted by molar-refractivity contribution is 0.122. The van der Waals surface area contributed by atoms with Crippen LogP contribution in [-0.2, 0) is 0 Å². The molecule has 0 aliphatic rings. The van der Waals surface area contributed by atoms with Crippen LogP contribution < -0.4 is 10.5 Å². The van der Waals surface area contributed by atoms with Crippen molar-refractivity contribution in [3.8, 4) is 5.75 Å². The fraction of sp³-hybridized carbons (Fsp3) is 0.286. The van der Waals surface area contributed by atoms with E-state index in [-0.39, 0.29) is 17.7 Å². The summed E-state index contributed by atoms with van der Waals surface area (Å²) < 4.78 is 10.4. The molecule has 0 saturated carbocycles. The second-order valence-electron chi connectivity index (χ2n) is 4.21. The summed E-state index contributed by atoms with van der Waals surface area (Å²) in [4.78, 5) is 0. The quantitative estimate of drug-likeness (QED) is 0.884. The zero-order valence-corrected chi connectivity index (χ0v) is 11.3. The van der Waals surface area contributed by atoms with Crippen LogP contribution in [0.4, 0.5) is 0 Å². The second-order valence-corrected chi connectivity index (χ2v) is 4.58. The number of ether oxygens (including phenoxy) is 1. The number of methoxy groups -OCH3 is 1. The normalized spacial score (nSPS) is 14.1. The lowest BCUT2D eigenvalue weighted by atomic mass is 9.92. The zero-order valence-electron chi connectivity index (χ0n) is 10.5. The Morgan fingerprint density at radius 2 is 2.16 bits per heavy atom.